The monoisotopic (exact) mass is 620 g/mol. The molecule has 1 fully saturated rings. The molecule has 0 radical (unpaired) electrons. The molecule has 3 rings (SSSR count). The van der Waals surface area contributed by atoms with E-state index >= 15 is 0 Å². The summed E-state index contributed by atoms with van der Waals surface area (Å²) in [5, 5.41) is 5.33. The molecule has 1 aliphatic rings. The number of piperazine rings is 1. The van der Waals surface area contributed by atoms with Crippen LogP contribution in [0.25, 0.3) is 0 Å². The smallest absolute Gasteiger partial charge is 0.408 e. The number of benzene rings is 2. The summed E-state index contributed by atoms with van der Waals surface area (Å²) in [4.78, 5) is 53.2. The lowest BCUT2D eigenvalue weighted by atomic mass is 10.0. The summed E-state index contributed by atoms with van der Waals surface area (Å²) < 4.78 is 48.9. The number of rotatable bonds is 8. The fraction of sp³-hybridized carbons (Fsp3) is 0.484. The van der Waals surface area contributed by atoms with Gasteiger partial charge in [-0.05, 0) is 83.5 Å². The summed E-state index contributed by atoms with van der Waals surface area (Å²) >= 11 is 0. The summed E-state index contributed by atoms with van der Waals surface area (Å²) in [5.41, 5.74) is 0.383. The molecule has 0 aromatic heterocycles. The van der Waals surface area contributed by atoms with Gasteiger partial charge >= 0.3 is 18.2 Å². The molecule has 1 heterocycles. The van der Waals surface area contributed by atoms with Crippen molar-refractivity contribution >= 4 is 35.3 Å². The Morgan fingerprint density at radius 1 is 0.864 bits per heavy atom. The average Bonchev–Trinajstić information content (AvgIpc) is 2.86. The maximum Gasteiger partial charge on any atom is 0.408 e. The van der Waals surface area contributed by atoms with Crippen molar-refractivity contribution in [3.8, 4) is 0 Å². The molecule has 0 saturated carbocycles. The van der Waals surface area contributed by atoms with E-state index in [0.717, 1.165) is 4.90 Å². The molecular weight excluding hydrogens is 581 g/mol. The van der Waals surface area contributed by atoms with E-state index in [0.29, 0.717) is 22.5 Å². The van der Waals surface area contributed by atoms with Crippen LogP contribution in [0.15, 0.2) is 48.5 Å². The number of alkyl halides is 3. The Morgan fingerprint density at radius 3 is 1.98 bits per heavy atom. The van der Waals surface area contributed by atoms with Crippen molar-refractivity contribution in [1.29, 1.82) is 0 Å². The Balaban J connectivity index is 1.70. The lowest BCUT2D eigenvalue weighted by molar-refractivity contribution is -0.150. The highest BCUT2D eigenvalue weighted by atomic mass is 19.4. The molecule has 2 N–H and O–H groups in total. The van der Waals surface area contributed by atoms with Gasteiger partial charge in [-0.25, -0.2) is 9.59 Å². The number of alkyl carbamates (subject to hydrolysis) is 1. The second-order valence-corrected chi connectivity index (χ2v) is 12.5. The van der Waals surface area contributed by atoms with Crippen molar-refractivity contribution < 1.29 is 41.8 Å². The van der Waals surface area contributed by atoms with Crippen LogP contribution in [0.3, 0.4) is 0 Å². The first kappa shape index (κ1) is 34.4. The van der Waals surface area contributed by atoms with Gasteiger partial charge in [0.25, 0.3) is 0 Å². The second-order valence-electron chi connectivity index (χ2n) is 12.5. The molecule has 3 amide bonds. The van der Waals surface area contributed by atoms with Gasteiger partial charge in [-0.15, -0.1) is 0 Å². The van der Waals surface area contributed by atoms with Gasteiger partial charge in [0.2, 0.25) is 11.8 Å². The predicted octanol–water partition coefficient (Wildman–Crippen LogP) is 4.93. The molecule has 1 saturated heterocycles. The lowest BCUT2D eigenvalue weighted by Crippen LogP contribution is -2.52. The molecular formula is C31H39F3N4O6. The zero-order valence-corrected chi connectivity index (χ0v) is 25.7. The number of halogens is 3. The van der Waals surface area contributed by atoms with Gasteiger partial charge in [0.05, 0.1) is 18.7 Å². The number of esters is 1. The first-order valence-electron chi connectivity index (χ1n) is 14.1. The molecule has 2 aromatic carbocycles. The molecule has 0 bridgehead atoms. The number of ether oxygens (including phenoxy) is 2. The SMILES string of the molecule is CC(C)(C)OC(=O)N[C@@H](Cc1ccc(N2CCN(CC(F)(F)F)CC2=O)cc1)C(=O)Nc1ccc(C(=O)OC(C)(C)C)cc1. The first-order chi connectivity index (χ1) is 20.3. The number of amides is 3. The highest BCUT2D eigenvalue weighted by Gasteiger charge is 2.35. The normalized spacial score (nSPS) is 15.4. The molecule has 0 spiro atoms. The van der Waals surface area contributed by atoms with E-state index in [4.69, 9.17) is 9.47 Å². The van der Waals surface area contributed by atoms with Crippen LogP contribution in [0, 0.1) is 0 Å². The average molecular weight is 621 g/mol. The van der Waals surface area contributed by atoms with Crippen molar-refractivity contribution in [3.63, 3.8) is 0 Å². The maximum absolute atomic E-state index is 13.3. The van der Waals surface area contributed by atoms with Crippen molar-refractivity contribution in [2.24, 2.45) is 0 Å². The van der Waals surface area contributed by atoms with E-state index in [1.165, 1.54) is 17.0 Å². The molecule has 1 atom stereocenters. The van der Waals surface area contributed by atoms with Crippen molar-refractivity contribution in [2.45, 2.75) is 71.4 Å². The predicted molar refractivity (Wildman–Crippen MR) is 158 cm³/mol. The first-order valence-corrected chi connectivity index (χ1v) is 14.1. The van der Waals surface area contributed by atoms with E-state index in [2.05, 4.69) is 10.6 Å². The minimum atomic E-state index is -4.39. The molecule has 240 valence electrons. The van der Waals surface area contributed by atoms with Crippen LogP contribution in [-0.2, 0) is 25.5 Å². The Labute approximate surface area is 254 Å². The molecule has 2 aromatic rings. The number of hydrogen-bond donors (Lipinski definition) is 2. The molecule has 0 aliphatic carbocycles. The number of carbonyl (C=O) groups is 4. The van der Waals surface area contributed by atoms with E-state index in [-0.39, 0.29) is 26.1 Å². The third-order valence-electron chi connectivity index (χ3n) is 6.18. The fourth-order valence-electron chi connectivity index (χ4n) is 4.35. The highest BCUT2D eigenvalue weighted by molar-refractivity contribution is 5.98. The van der Waals surface area contributed by atoms with Gasteiger partial charge in [-0.1, -0.05) is 12.1 Å². The van der Waals surface area contributed by atoms with Crippen molar-refractivity contribution in [3.05, 3.63) is 59.7 Å². The Kier molecular flexibility index (Phi) is 10.7. The summed E-state index contributed by atoms with van der Waals surface area (Å²) in [6, 6.07) is 11.7. The molecule has 10 nitrogen and oxygen atoms in total. The van der Waals surface area contributed by atoms with Crippen molar-refractivity contribution in [2.75, 3.05) is 36.4 Å². The van der Waals surface area contributed by atoms with Crippen molar-refractivity contribution in [1.82, 2.24) is 10.2 Å². The van der Waals surface area contributed by atoms with Gasteiger partial charge < -0.3 is 25.0 Å². The number of nitrogens with zero attached hydrogens (tertiary/aromatic N) is 2. The minimum Gasteiger partial charge on any atom is -0.456 e. The summed E-state index contributed by atoms with van der Waals surface area (Å²) in [6.45, 7) is 9.04. The third kappa shape index (κ3) is 11.2. The van der Waals surface area contributed by atoms with Crippen LogP contribution in [0.2, 0.25) is 0 Å². The molecule has 1 aliphatic heterocycles. The Morgan fingerprint density at radius 2 is 1.45 bits per heavy atom. The number of nitrogens with one attached hydrogen (secondary N) is 2. The van der Waals surface area contributed by atoms with Crippen LogP contribution < -0.4 is 15.5 Å². The zero-order chi connectivity index (χ0) is 32.9. The molecule has 0 unspecified atom stereocenters. The number of carbonyl (C=O) groups excluding carboxylic acids is 4. The zero-order valence-electron chi connectivity index (χ0n) is 25.7. The molecule has 44 heavy (non-hydrogen) atoms. The summed E-state index contributed by atoms with van der Waals surface area (Å²) in [5.74, 6) is -1.50. The van der Waals surface area contributed by atoms with Crippen LogP contribution in [0.5, 0.6) is 0 Å². The fourth-order valence-corrected chi connectivity index (χ4v) is 4.35. The van der Waals surface area contributed by atoms with E-state index < -0.39 is 53.8 Å². The Hall–Kier alpha value is -4.13. The highest BCUT2D eigenvalue weighted by Crippen LogP contribution is 2.22. The van der Waals surface area contributed by atoms with E-state index in [9.17, 15) is 32.3 Å². The van der Waals surface area contributed by atoms with Gasteiger partial charge in [-0.2, -0.15) is 13.2 Å². The quantitative estimate of drug-likeness (QED) is 0.402. The largest absolute Gasteiger partial charge is 0.456 e. The lowest BCUT2D eigenvalue weighted by Gasteiger charge is -2.34. The Bertz CT molecular complexity index is 1330. The van der Waals surface area contributed by atoms with Gasteiger partial charge in [0, 0.05) is 30.9 Å². The van der Waals surface area contributed by atoms with Gasteiger partial charge in [0.1, 0.15) is 17.2 Å². The minimum absolute atomic E-state index is 0.0641. The molecule has 13 heteroatoms. The topological polar surface area (TPSA) is 117 Å². The standard InChI is InChI=1S/C31H39F3N4O6/c1-29(2,3)43-27(41)21-9-11-22(12-10-21)35-26(40)24(36-28(42)44-30(4,5)6)17-20-7-13-23(14-8-20)38-16-15-37(18-25(38)39)19-31(32,33)34/h7-14,24H,15-19H2,1-6H3,(H,35,40)(H,36,42)/t24-/m0/s1. The van der Waals surface area contributed by atoms with Crippen LogP contribution in [-0.4, -0.2) is 78.4 Å². The summed E-state index contributed by atoms with van der Waals surface area (Å²) in [7, 11) is 0. The number of hydrogen-bond acceptors (Lipinski definition) is 7. The van der Waals surface area contributed by atoms with Crippen LogP contribution >= 0.6 is 0 Å². The van der Waals surface area contributed by atoms with Crippen LogP contribution in [0.1, 0.15) is 57.5 Å². The third-order valence-corrected chi connectivity index (χ3v) is 6.18. The summed E-state index contributed by atoms with van der Waals surface area (Å²) in [6.07, 6.45) is -5.12. The van der Waals surface area contributed by atoms with E-state index in [1.54, 1.807) is 77.9 Å². The van der Waals surface area contributed by atoms with Crippen LogP contribution in [0.4, 0.5) is 29.3 Å². The van der Waals surface area contributed by atoms with E-state index in [1.807, 2.05) is 0 Å². The van der Waals surface area contributed by atoms with Gasteiger partial charge in [-0.3, -0.25) is 14.5 Å². The second kappa shape index (κ2) is 13.7. The van der Waals surface area contributed by atoms with Gasteiger partial charge in [0.15, 0.2) is 0 Å². The maximum atomic E-state index is 13.3. The number of anilines is 2.